The predicted molar refractivity (Wildman–Crippen MR) is 83.3 cm³/mol. The zero-order valence-corrected chi connectivity index (χ0v) is 13.7. The first-order valence-corrected chi connectivity index (χ1v) is 7.29. The highest BCUT2D eigenvalue weighted by molar-refractivity contribution is 5.94. The summed E-state index contributed by atoms with van der Waals surface area (Å²) in [5.41, 5.74) is 9.99. The van der Waals surface area contributed by atoms with E-state index in [9.17, 15) is 24.0 Å². The van der Waals surface area contributed by atoms with Gasteiger partial charge in [-0.15, -0.1) is 0 Å². The zero-order valence-electron chi connectivity index (χ0n) is 13.7. The van der Waals surface area contributed by atoms with Gasteiger partial charge in [0.1, 0.15) is 18.1 Å². The molecule has 0 saturated carbocycles. The summed E-state index contributed by atoms with van der Waals surface area (Å²) in [5, 5.41) is 24.6. The Hall–Kier alpha value is -2.73. The van der Waals surface area contributed by atoms with Crippen LogP contribution in [0.5, 0.6) is 0 Å². The van der Waals surface area contributed by atoms with Crippen molar-refractivity contribution < 1.29 is 34.2 Å². The van der Waals surface area contributed by atoms with Gasteiger partial charge in [0, 0.05) is 13.3 Å². The van der Waals surface area contributed by atoms with Crippen LogP contribution in [0.1, 0.15) is 19.8 Å². The summed E-state index contributed by atoms with van der Waals surface area (Å²) in [5.74, 6) is -4.10. The van der Waals surface area contributed by atoms with E-state index in [1.807, 2.05) is 0 Å². The number of aliphatic hydroxyl groups is 2. The molecule has 0 heterocycles. The molecule has 0 fully saturated rings. The maximum absolute atomic E-state index is 12.2. The molecule has 5 amide bonds. The lowest BCUT2D eigenvalue weighted by Gasteiger charge is -2.23. The summed E-state index contributed by atoms with van der Waals surface area (Å²) in [4.78, 5) is 57.1. The van der Waals surface area contributed by atoms with E-state index >= 15 is 0 Å². The van der Waals surface area contributed by atoms with Crippen molar-refractivity contribution in [3.05, 3.63) is 0 Å². The molecule has 0 aliphatic carbocycles. The predicted octanol–water partition coefficient (Wildman–Crippen LogP) is -4.80. The first-order valence-electron chi connectivity index (χ1n) is 7.29. The van der Waals surface area contributed by atoms with Crippen LogP contribution in [0.15, 0.2) is 0 Å². The van der Waals surface area contributed by atoms with Gasteiger partial charge in [0.2, 0.25) is 29.5 Å². The molecule has 9 N–H and O–H groups in total. The average Bonchev–Trinajstić information content (AvgIpc) is 2.52. The van der Waals surface area contributed by atoms with Crippen molar-refractivity contribution in [3.63, 3.8) is 0 Å². The molecule has 12 heteroatoms. The average molecular weight is 361 g/mol. The Bertz CT molecular complexity index is 525. The number of carbonyl (C=O) groups excluding carboxylic acids is 5. The number of nitrogens with two attached hydrogens (primary N) is 2. The smallest absolute Gasteiger partial charge is 0.245 e. The van der Waals surface area contributed by atoms with E-state index in [0.717, 1.165) is 6.92 Å². The molecule has 0 aromatic heterocycles. The molecule has 25 heavy (non-hydrogen) atoms. The van der Waals surface area contributed by atoms with Crippen molar-refractivity contribution in [2.24, 2.45) is 11.5 Å². The number of carbonyl (C=O) groups is 5. The molecule has 0 aromatic carbocycles. The highest BCUT2D eigenvalue weighted by Crippen LogP contribution is 2.00. The molecule has 0 bridgehead atoms. The number of hydrogen-bond donors (Lipinski definition) is 7. The zero-order chi connectivity index (χ0) is 19.6. The van der Waals surface area contributed by atoms with Crippen molar-refractivity contribution in [3.8, 4) is 0 Å². The summed E-state index contributed by atoms with van der Waals surface area (Å²) in [6.07, 6.45) is -0.468. The molecule has 0 saturated heterocycles. The third kappa shape index (κ3) is 8.62. The first-order chi connectivity index (χ1) is 11.6. The van der Waals surface area contributed by atoms with E-state index in [0.29, 0.717) is 0 Å². The lowest BCUT2D eigenvalue weighted by atomic mass is 10.1. The second-order valence-corrected chi connectivity index (χ2v) is 5.15. The van der Waals surface area contributed by atoms with E-state index in [4.69, 9.17) is 21.7 Å². The van der Waals surface area contributed by atoms with Gasteiger partial charge in [0.25, 0.3) is 0 Å². The third-order valence-corrected chi connectivity index (χ3v) is 3.03. The number of hydrogen-bond acceptors (Lipinski definition) is 7. The normalized spacial score (nSPS) is 13.9. The van der Waals surface area contributed by atoms with Crippen molar-refractivity contribution in [1.29, 1.82) is 0 Å². The molecule has 3 unspecified atom stereocenters. The Labute approximate surface area is 143 Å². The standard InChI is InChI=1S/C13H23N5O7/c1-6(21)16-9(5-20)13(25)17-7(2-3-10(14)22)12(24)18-8(4-19)11(15)23/h7-9,19-20H,2-5H2,1H3,(H2,14,22)(H2,15,23)(H,16,21)(H,17,25)(H,18,24). The summed E-state index contributed by atoms with van der Waals surface area (Å²) in [6.45, 7) is -0.356. The highest BCUT2D eigenvalue weighted by atomic mass is 16.3. The number of primary amides is 2. The van der Waals surface area contributed by atoms with Crippen LogP contribution in [0, 0.1) is 0 Å². The third-order valence-electron chi connectivity index (χ3n) is 3.03. The van der Waals surface area contributed by atoms with Crippen LogP contribution in [0.4, 0.5) is 0 Å². The van der Waals surface area contributed by atoms with E-state index < -0.39 is 60.9 Å². The molecule has 142 valence electrons. The molecular formula is C13H23N5O7. The van der Waals surface area contributed by atoms with E-state index in [1.54, 1.807) is 0 Å². The van der Waals surface area contributed by atoms with Crippen LogP contribution in [-0.2, 0) is 24.0 Å². The Morgan fingerprint density at radius 2 is 1.32 bits per heavy atom. The van der Waals surface area contributed by atoms with Crippen LogP contribution in [0.25, 0.3) is 0 Å². The van der Waals surface area contributed by atoms with Crippen LogP contribution in [-0.4, -0.2) is 71.1 Å². The molecule has 3 atom stereocenters. The van der Waals surface area contributed by atoms with E-state index in [1.165, 1.54) is 0 Å². The maximum Gasteiger partial charge on any atom is 0.245 e. The number of rotatable bonds is 11. The fourth-order valence-electron chi connectivity index (χ4n) is 1.75. The van der Waals surface area contributed by atoms with Crippen LogP contribution in [0.2, 0.25) is 0 Å². The number of amides is 5. The highest BCUT2D eigenvalue weighted by Gasteiger charge is 2.28. The summed E-state index contributed by atoms with van der Waals surface area (Å²) < 4.78 is 0. The molecule has 12 nitrogen and oxygen atoms in total. The summed E-state index contributed by atoms with van der Waals surface area (Å²) >= 11 is 0. The molecule has 0 radical (unpaired) electrons. The summed E-state index contributed by atoms with van der Waals surface area (Å²) in [6, 6.07) is -4.01. The van der Waals surface area contributed by atoms with Gasteiger partial charge < -0.3 is 37.6 Å². The first kappa shape index (κ1) is 22.3. The van der Waals surface area contributed by atoms with Crippen LogP contribution >= 0.6 is 0 Å². The van der Waals surface area contributed by atoms with Gasteiger partial charge >= 0.3 is 0 Å². The fraction of sp³-hybridized carbons (Fsp3) is 0.615. The Kier molecular flexibility index (Phi) is 9.74. The Morgan fingerprint density at radius 1 is 0.840 bits per heavy atom. The van der Waals surface area contributed by atoms with Gasteiger partial charge in [0.05, 0.1) is 13.2 Å². The van der Waals surface area contributed by atoms with E-state index in [-0.39, 0.29) is 12.8 Å². The molecule has 0 aromatic rings. The minimum atomic E-state index is -1.38. The van der Waals surface area contributed by atoms with Gasteiger partial charge in [-0.3, -0.25) is 24.0 Å². The summed E-state index contributed by atoms with van der Waals surface area (Å²) in [7, 11) is 0. The molecule has 0 spiro atoms. The second-order valence-electron chi connectivity index (χ2n) is 5.15. The largest absolute Gasteiger partial charge is 0.394 e. The van der Waals surface area contributed by atoms with Crippen LogP contribution in [0.3, 0.4) is 0 Å². The van der Waals surface area contributed by atoms with E-state index in [2.05, 4.69) is 16.0 Å². The fourth-order valence-corrected chi connectivity index (χ4v) is 1.75. The van der Waals surface area contributed by atoms with Crippen LogP contribution < -0.4 is 27.4 Å². The van der Waals surface area contributed by atoms with Gasteiger partial charge in [-0.05, 0) is 6.42 Å². The minimum absolute atomic E-state index is 0.206. The minimum Gasteiger partial charge on any atom is -0.394 e. The van der Waals surface area contributed by atoms with Gasteiger partial charge in [-0.2, -0.15) is 0 Å². The second kappa shape index (κ2) is 10.9. The van der Waals surface area contributed by atoms with Crippen molar-refractivity contribution in [2.75, 3.05) is 13.2 Å². The monoisotopic (exact) mass is 361 g/mol. The van der Waals surface area contributed by atoms with Gasteiger partial charge in [-0.25, -0.2) is 0 Å². The van der Waals surface area contributed by atoms with Gasteiger partial charge in [0.15, 0.2) is 0 Å². The number of aliphatic hydroxyl groups excluding tert-OH is 2. The lowest BCUT2D eigenvalue weighted by molar-refractivity contribution is -0.134. The van der Waals surface area contributed by atoms with Crippen molar-refractivity contribution >= 4 is 29.5 Å². The molecule has 0 rings (SSSR count). The number of nitrogens with one attached hydrogen (secondary N) is 3. The topological polar surface area (TPSA) is 214 Å². The maximum atomic E-state index is 12.2. The lowest BCUT2D eigenvalue weighted by Crippen LogP contribution is -2.57. The SMILES string of the molecule is CC(=O)NC(CO)C(=O)NC(CCC(N)=O)C(=O)NC(CO)C(N)=O. The van der Waals surface area contributed by atoms with Crippen molar-refractivity contribution in [2.45, 2.75) is 37.9 Å². The van der Waals surface area contributed by atoms with Gasteiger partial charge in [-0.1, -0.05) is 0 Å². The molecular weight excluding hydrogens is 338 g/mol. The Balaban J connectivity index is 5.10. The molecule has 0 aliphatic heterocycles. The quantitative estimate of drug-likeness (QED) is 0.190. The molecule has 0 aliphatic rings. The Morgan fingerprint density at radius 3 is 1.72 bits per heavy atom. The van der Waals surface area contributed by atoms with Crippen molar-refractivity contribution in [1.82, 2.24) is 16.0 Å².